The fourth-order valence-corrected chi connectivity index (χ4v) is 3.02. The number of hydrogen-bond donors (Lipinski definition) is 0. The molecule has 0 N–H and O–H groups in total. The van der Waals surface area contributed by atoms with Crippen molar-refractivity contribution in [3.63, 3.8) is 0 Å². The van der Waals surface area contributed by atoms with Crippen molar-refractivity contribution in [2.75, 3.05) is 11.9 Å². The quantitative estimate of drug-likeness (QED) is 0.840. The zero-order valence-corrected chi connectivity index (χ0v) is 12.5. The van der Waals surface area contributed by atoms with Crippen LogP contribution in [0.1, 0.15) is 18.1 Å². The fraction of sp³-hybridized carbons (Fsp3) is 0.235. The number of alkyl halides is 3. The number of fused-ring (bicyclic) bond motifs is 1. The molecule has 0 aromatic heterocycles. The van der Waals surface area contributed by atoms with E-state index in [4.69, 9.17) is 0 Å². The van der Waals surface area contributed by atoms with E-state index in [9.17, 15) is 18.0 Å². The Morgan fingerprint density at radius 3 is 2.26 bits per heavy atom. The van der Waals surface area contributed by atoms with Gasteiger partial charge in [-0.3, -0.25) is 4.79 Å². The molecule has 1 aliphatic rings. The number of amides is 1. The summed E-state index contributed by atoms with van der Waals surface area (Å²) in [5, 5.41) is 0. The van der Waals surface area contributed by atoms with E-state index in [0.29, 0.717) is 5.56 Å². The molecule has 120 valence electrons. The molecule has 0 saturated carbocycles. The van der Waals surface area contributed by atoms with Crippen LogP contribution in [0.15, 0.2) is 48.5 Å². The summed E-state index contributed by atoms with van der Waals surface area (Å²) in [6.45, 7) is 1.78. The van der Waals surface area contributed by atoms with Crippen molar-refractivity contribution in [2.45, 2.75) is 18.7 Å². The van der Waals surface area contributed by atoms with Gasteiger partial charge in [-0.1, -0.05) is 30.3 Å². The molecule has 1 unspecified atom stereocenters. The maximum Gasteiger partial charge on any atom is 0.573 e. The molecule has 0 spiro atoms. The minimum Gasteiger partial charge on any atom is -0.406 e. The number of carbonyl (C=O) groups excluding carboxylic acids is 1. The second-order valence-corrected chi connectivity index (χ2v) is 5.58. The number of anilines is 1. The van der Waals surface area contributed by atoms with Gasteiger partial charge in [-0.15, -0.1) is 13.2 Å². The molecular formula is C17H14F3NO2. The van der Waals surface area contributed by atoms with Gasteiger partial charge in [0.2, 0.25) is 5.91 Å². The molecule has 6 heteroatoms. The summed E-state index contributed by atoms with van der Waals surface area (Å²) in [6.07, 6.45) is -4.73. The van der Waals surface area contributed by atoms with Gasteiger partial charge in [-0.25, -0.2) is 0 Å². The Labute approximate surface area is 131 Å². The predicted octanol–water partition coefficient (Wildman–Crippen LogP) is 3.87. The highest BCUT2D eigenvalue weighted by molar-refractivity contribution is 6.09. The number of likely N-dealkylation sites (N-methyl/N-ethyl adjacent to an activating group) is 1. The summed E-state index contributed by atoms with van der Waals surface area (Å²) in [5.74, 6) is -0.430. The highest BCUT2D eigenvalue weighted by atomic mass is 19.4. The van der Waals surface area contributed by atoms with Crippen molar-refractivity contribution in [1.29, 1.82) is 0 Å². The van der Waals surface area contributed by atoms with Gasteiger partial charge in [-0.05, 0) is 36.2 Å². The molecule has 0 saturated heterocycles. The van der Waals surface area contributed by atoms with Crippen LogP contribution in [0.2, 0.25) is 0 Å². The van der Waals surface area contributed by atoms with Crippen molar-refractivity contribution >= 4 is 11.6 Å². The SMILES string of the molecule is CN1C(=O)C(C)(c2ccc(OC(F)(F)F)cc2)c2ccccc21. The van der Waals surface area contributed by atoms with Crippen molar-refractivity contribution in [2.24, 2.45) is 0 Å². The maximum absolute atomic E-state index is 12.7. The minimum atomic E-state index is -4.73. The van der Waals surface area contributed by atoms with Gasteiger partial charge < -0.3 is 9.64 Å². The average molecular weight is 321 g/mol. The summed E-state index contributed by atoms with van der Waals surface area (Å²) < 4.78 is 40.6. The van der Waals surface area contributed by atoms with Gasteiger partial charge in [0.05, 0.1) is 5.41 Å². The van der Waals surface area contributed by atoms with Crippen molar-refractivity contribution in [3.05, 3.63) is 59.7 Å². The van der Waals surface area contributed by atoms with Crippen LogP contribution in [0.4, 0.5) is 18.9 Å². The van der Waals surface area contributed by atoms with E-state index in [0.717, 1.165) is 11.3 Å². The largest absolute Gasteiger partial charge is 0.573 e. The number of carbonyl (C=O) groups is 1. The fourth-order valence-electron chi connectivity index (χ4n) is 3.02. The van der Waals surface area contributed by atoms with E-state index in [1.54, 1.807) is 18.9 Å². The second-order valence-electron chi connectivity index (χ2n) is 5.58. The number of nitrogens with zero attached hydrogens (tertiary/aromatic N) is 1. The predicted molar refractivity (Wildman–Crippen MR) is 79.4 cm³/mol. The summed E-state index contributed by atoms with van der Waals surface area (Å²) in [7, 11) is 1.69. The summed E-state index contributed by atoms with van der Waals surface area (Å²) >= 11 is 0. The monoisotopic (exact) mass is 321 g/mol. The first-order valence-corrected chi connectivity index (χ1v) is 6.97. The molecule has 3 nitrogen and oxygen atoms in total. The van der Waals surface area contributed by atoms with Gasteiger partial charge in [0.25, 0.3) is 0 Å². The lowest BCUT2D eigenvalue weighted by molar-refractivity contribution is -0.274. The molecule has 1 amide bonds. The summed E-state index contributed by atoms with van der Waals surface area (Å²) in [5.41, 5.74) is 1.32. The molecule has 1 atom stereocenters. The van der Waals surface area contributed by atoms with E-state index in [1.165, 1.54) is 24.3 Å². The van der Waals surface area contributed by atoms with Gasteiger partial charge in [0.15, 0.2) is 0 Å². The number of hydrogen-bond acceptors (Lipinski definition) is 2. The lowest BCUT2D eigenvalue weighted by Crippen LogP contribution is -2.37. The number of benzene rings is 2. The zero-order valence-electron chi connectivity index (χ0n) is 12.5. The third-order valence-corrected chi connectivity index (χ3v) is 4.20. The highest BCUT2D eigenvalue weighted by Crippen LogP contribution is 2.45. The normalized spacial score (nSPS) is 20.6. The van der Waals surface area contributed by atoms with Crippen molar-refractivity contribution in [1.82, 2.24) is 0 Å². The van der Waals surface area contributed by atoms with E-state index >= 15 is 0 Å². The summed E-state index contributed by atoms with van der Waals surface area (Å²) in [6, 6.07) is 12.8. The molecule has 0 radical (unpaired) electrons. The Kier molecular flexibility index (Phi) is 3.35. The Hall–Kier alpha value is -2.50. The minimum absolute atomic E-state index is 0.122. The maximum atomic E-state index is 12.7. The average Bonchev–Trinajstić information content (AvgIpc) is 2.70. The lowest BCUT2D eigenvalue weighted by Gasteiger charge is -2.24. The second kappa shape index (κ2) is 5.01. The molecule has 23 heavy (non-hydrogen) atoms. The van der Waals surface area contributed by atoms with E-state index in [1.807, 2.05) is 24.3 Å². The van der Waals surface area contributed by atoms with Gasteiger partial charge in [0, 0.05) is 12.7 Å². The molecule has 3 rings (SSSR count). The van der Waals surface area contributed by atoms with Crippen LogP contribution >= 0.6 is 0 Å². The standard InChI is InChI=1S/C17H14F3NO2/c1-16(11-7-9-12(10-8-11)23-17(18,19)20)13-5-3-4-6-14(13)21(2)15(16)22/h3-10H,1-2H3. The highest BCUT2D eigenvalue weighted by Gasteiger charge is 2.47. The number of halogens is 3. The lowest BCUT2D eigenvalue weighted by atomic mass is 9.77. The first kappa shape index (κ1) is 15.4. The van der Waals surface area contributed by atoms with Crippen LogP contribution in [-0.2, 0) is 10.2 Å². The molecular weight excluding hydrogens is 307 g/mol. The van der Waals surface area contributed by atoms with Crippen LogP contribution in [0, 0.1) is 0 Å². The Balaban J connectivity index is 2.02. The summed E-state index contributed by atoms with van der Waals surface area (Å²) in [4.78, 5) is 14.3. The molecule has 2 aromatic rings. The molecule has 0 bridgehead atoms. The first-order valence-electron chi connectivity index (χ1n) is 6.97. The molecule has 2 aromatic carbocycles. The van der Waals surface area contributed by atoms with Gasteiger partial charge in [0.1, 0.15) is 5.75 Å². The molecule has 0 fully saturated rings. The first-order chi connectivity index (χ1) is 10.7. The number of para-hydroxylation sites is 1. The topological polar surface area (TPSA) is 29.5 Å². The van der Waals surface area contributed by atoms with E-state index in [-0.39, 0.29) is 11.7 Å². The third kappa shape index (κ3) is 2.44. The molecule has 1 heterocycles. The van der Waals surface area contributed by atoms with Crippen molar-refractivity contribution < 1.29 is 22.7 Å². The van der Waals surface area contributed by atoms with Crippen LogP contribution in [0.3, 0.4) is 0 Å². The van der Waals surface area contributed by atoms with Crippen LogP contribution in [0.5, 0.6) is 5.75 Å². The number of rotatable bonds is 2. The molecule has 1 aliphatic heterocycles. The van der Waals surface area contributed by atoms with Gasteiger partial charge in [-0.2, -0.15) is 0 Å². The van der Waals surface area contributed by atoms with Crippen LogP contribution in [0.25, 0.3) is 0 Å². The van der Waals surface area contributed by atoms with E-state index < -0.39 is 11.8 Å². The number of ether oxygens (including phenoxy) is 1. The third-order valence-electron chi connectivity index (χ3n) is 4.20. The Morgan fingerprint density at radius 2 is 1.65 bits per heavy atom. The van der Waals surface area contributed by atoms with Gasteiger partial charge >= 0.3 is 6.36 Å². The van der Waals surface area contributed by atoms with E-state index in [2.05, 4.69) is 4.74 Å². The van der Waals surface area contributed by atoms with Crippen molar-refractivity contribution in [3.8, 4) is 5.75 Å². The smallest absolute Gasteiger partial charge is 0.406 e. The Bertz CT molecular complexity index is 755. The Morgan fingerprint density at radius 1 is 1.04 bits per heavy atom. The van der Waals surface area contributed by atoms with Crippen LogP contribution < -0.4 is 9.64 Å². The zero-order chi connectivity index (χ0) is 16.8. The molecule has 0 aliphatic carbocycles. The van der Waals surface area contributed by atoms with Crippen LogP contribution in [-0.4, -0.2) is 19.3 Å².